The van der Waals surface area contributed by atoms with E-state index in [9.17, 15) is 9.59 Å². The summed E-state index contributed by atoms with van der Waals surface area (Å²) >= 11 is 0. The van der Waals surface area contributed by atoms with Gasteiger partial charge in [0.05, 0.1) is 18.7 Å². The van der Waals surface area contributed by atoms with Gasteiger partial charge in [0.25, 0.3) is 0 Å². The third-order valence-corrected chi connectivity index (χ3v) is 3.54. The Morgan fingerprint density at radius 2 is 2.15 bits per heavy atom. The van der Waals surface area contributed by atoms with Gasteiger partial charge in [-0.2, -0.15) is 0 Å². The minimum atomic E-state index is -0.406. The number of aryl methyl sites for hydroxylation is 1. The summed E-state index contributed by atoms with van der Waals surface area (Å²) in [5.41, 5.74) is 2.01. The van der Waals surface area contributed by atoms with Crippen molar-refractivity contribution < 1.29 is 14.3 Å². The van der Waals surface area contributed by atoms with Crippen molar-refractivity contribution in [3.05, 3.63) is 29.3 Å². The van der Waals surface area contributed by atoms with Crippen molar-refractivity contribution in [2.45, 2.75) is 32.2 Å². The standard InChI is InChI=1S/C15H20N2O3/c1-10-6-7-11(15(19)20-2)9-13(10)17-14(18)12-5-3-4-8-16-12/h6-7,9,12,16H,3-5,8H2,1-2H3,(H,17,18)/t12-/m0/s1. The van der Waals surface area contributed by atoms with Crippen LogP contribution in [0.3, 0.4) is 0 Å². The van der Waals surface area contributed by atoms with Crippen molar-refractivity contribution >= 4 is 17.6 Å². The summed E-state index contributed by atoms with van der Waals surface area (Å²) in [6.45, 7) is 2.77. The molecule has 5 nitrogen and oxygen atoms in total. The van der Waals surface area contributed by atoms with Crippen LogP contribution in [0, 0.1) is 6.92 Å². The maximum Gasteiger partial charge on any atom is 0.337 e. The van der Waals surface area contributed by atoms with Gasteiger partial charge in [0.2, 0.25) is 5.91 Å². The Morgan fingerprint density at radius 3 is 2.80 bits per heavy atom. The van der Waals surface area contributed by atoms with E-state index >= 15 is 0 Å². The molecule has 1 heterocycles. The lowest BCUT2D eigenvalue weighted by molar-refractivity contribution is -0.118. The Hall–Kier alpha value is -1.88. The van der Waals surface area contributed by atoms with E-state index < -0.39 is 5.97 Å². The van der Waals surface area contributed by atoms with E-state index in [1.807, 2.05) is 6.92 Å². The van der Waals surface area contributed by atoms with E-state index in [1.54, 1.807) is 18.2 Å². The van der Waals surface area contributed by atoms with E-state index in [0.29, 0.717) is 11.3 Å². The van der Waals surface area contributed by atoms with Crippen molar-refractivity contribution in [1.29, 1.82) is 0 Å². The maximum absolute atomic E-state index is 12.2. The first-order chi connectivity index (χ1) is 9.61. The molecule has 1 amide bonds. The minimum Gasteiger partial charge on any atom is -0.465 e. The van der Waals surface area contributed by atoms with Crippen LogP contribution < -0.4 is 10.6 Å². The molecular weight excluding hydrogens is 256 g/mol. The number of hydrogen-bond acceptors (Lipinski definition) is 4. The Balaban J connectivity index is 2.11. The van der Waals surface area contributed by atoms with E-state index in [2.05, 4.69) is 15.4 Å². The second-order valence-corrected chi connectivity index (χ2v) is 5.01. The summed E-state index contributed by atoms with van der Waals surface area (Å²) in [6, 6.07) is 5.00. The molecule has 0 aromatic heterocycles. The zero-order valence-electron chi connectivity index (χ0n) is 11.9. The lowest BCUT2D eigenvalue weighted by Crippen LogP contribution is -2.43. The smallest absolute Gasteiger partial charge is 0.337 e. The Labute approximate surface area is 118 Å². The zero-order chi connectivity index (χ0) is 14.5. The molecule has 5 heteroatoms. The van der Waals surface area contributed by atoms with Crippen molar-refractivity contribution in [2.75, 3.05) is 19.0 Å². The minimum absolute atomic E-state index is 0.0465. The van der Waals surface area contributed by atoms with Crippen LogP contribution in [-0.4, -0.2) is 31.6 Å². The molecule has 0 spiro atoms. The molecule has 1 aromatic carbocycles. The molecule has 1 aromatic rings. The predicted molar refractivity (Wildman–Crippen MR) is 76.8 cm³/mol. The number of piperidine rings is 1. The molecule has 108 valence electrons. The van der Waals surface area contributed by atoms with Crippen LogP contribution in [0.2, 0.25) is 0 Å². The summed E-state index contributed by atoms with van der Waals surface area (Å²) in [5, 5.41) is 6.09. The number of anilines is 1. The maximum atomic E-state index is 12.2. The third-order valence-electron chi connectivity index (χ3n) is 3.54. The van der Waals surface area contributed by atoms with E-state index in [4.69, 9.17) is 0 Å². The van der Waals surface area contributed by atoms with Gasteiger partial charge in [0.1, 0.15) is 0 Å². The molecule has 1 atom stereocenters. The van der Waals surface area contributed by atoms with Gasteiger partial charge in [0, 0.05) is 5.69 Å². The fraction of sp³-hybridized carbons (Fsp3) is 0.467. The van der Waals surface area contributed by atoms with Crippen molar-refractivity contribution in [3.63, 3.8) is 0 Å². The summed E-state index contributed by atoms with van der Waals surface area (Å²) < 4.78 is 4.69. The quantitative estimate of drug-likeness (QED) is 0.827. The number of nitrogens with one attached hydrogen (secondary N) is 2. The molecule has 0 saturated carbocycles. The van der Waals surface area contributed by atoms with Gasteiger partial charge in [-0.1, -0.05) is 12.5 Å². The number of esters is 1. The van der Waals surface area contributed by atoms with E-state index in [1.165, 1.54) is 7.11 Å². The van der Waals surface area contributed by atoms with Crippen LogP contribution >= 0.6 is 0 Å². The molecule has 2 N–H and O–H groups in total. The van der Waals surface area contributed by atoms with E-state index in [-0.39, 0.29) is 11.9 Å². The highest BCUT2D eigenvalue weighted by molar-refractivity contribution is 5.97. The normalized spacial score (nSPS) is 18.4. The van der Waals surface area contributed by atoms with Gasteiger partial charge in [-0.3, -0.25) is 4.79 Å². The van der Waals surface area contributed by atoms with Crippen molar-refractivity contribution in [3.8, 4) is 0 Å². The molecule has 0 bridgehead atoms. The highest BCUT2D eigenvalue weighted by Crippen LogP contribution is 2.19. The Bertz CT molecular complexity index is 508. The largest absolute Gasteiger partial charge is 0.465 e. The molecule has 2 rings (SSSR count). The second-order valence-electron chi connectivity index (χ2n) is 5.01. The van der Waals surface area contributed by atoms with Crippen molar-refractivity contribution in [2.24, 2.45) is 0 Å². The number of rotatable bonds is 3. The molecule has 0 unspecified atom stereocenters. The third kappa shape index (κ3) is 3.36. The van der Waals surface area contributed by atoms with Gasteiger partial charge >= 0.3 is 5.97 Å². The van der Waals surface area contributed by atoms with Gasteiger partial charge in [-0.25, -0.2) is 4.79 Å². The monoisotopic (exact) mass is 276 g/mol. The van der Waals surface area contributed by atoms with Gasteiger partial charge in [-0.05, 0) is 44.0 Å². The van der Waals surface area contributed by atoms with Gasteiger partial charge < -0.3 is 15.4 Å². The summed E-state index contributed by atoms with van der Waals surface area (Å²) in [6.07, 6.45) is 3.02. The number of benzene rings is 1. The number of carbonyl (C=O) groups is 2. The van der Waals surface area contributed by atoms with Gasteiger partial charge in [0.15, 0.2) is 0 Å². The van der Waals surface area contributed by atoms with Crippen LogP contribution in [0.1, 0.15) is 35.2 Å². The topological polar surface area (TPSA) is 67.4 Å². The average molecular weight is 276 g/mol. The number of methoxy groups -OCH3 is 1. The zero-order valence-corrected chi connectivity index (χ0v) is 11.9. The number of carbonyl (C=O) groups excluding carboxylic acids is 2. The van der Waals surface area contributed by atoms with E-state index in [0.717, 1.165) is 31.4 Å². The lowest BCUT2D eigenvalue weighted by Gasteiger charge is -2.23. The molecular formula is C15H20N2O3. The highest BCUT2D eigenvalue weighted by atomic mass is 16.5. The molecule has 20 heavy (non-hydrogen) atoms. The number of amides is 1. The molecule has 1 aliphatic heterocycles. The van der Waals surface area contributed by atoms with Crippen LogP contribution in [0.4, 0.5) is 5.69 Å². The first-order valence-corrected chi connectivity index (χ1v) is 6.85. The first kappa shape index (κ1) is 14.5. The molecule has 0 radical (unpaired) electrons. The Morgan fingerprint density at radius 1 is 1.35 bits per heavy atom. The molecule has 1 fully saturated rings. The lowest BCUT2D eigenvalue weighted by atomic mass is 10.0. The van der Waals surface area contributed by atoms with Crippen LogP contribution in [0.5, 0.6) is 0 Å². The summed E-state index contributed by atoms with van der Waals surface area (Å²) in [5.74, 6) is -0.453. The summed E-state index contributed by atoms with van der Waals surface area (Å²) in [7, 11) is 1.34. The first-order valence-electron chi connectivity index (χ1n) is 6.85. The van der Waals surface area contributed by atoms with Crippen molar-refractivity contribution in [1.82, 2.24) is 5.32 Å². The molecule has 0 aliphatic carbocycles. The van der Waals surface area contributed by atoms with Gasteiger partial charge in [-0.15, -0.1) is 0 Å². The molecule has 1 aliphatic rings. The average Bonchev–Trinajstić information content (AvgIpc) is 2.49. The molecule has 1 saturated heterocycles. The van der Waals surface area contributed by atoms with Crippen LogP contribution in [-0.2, 0) is 9.53 Å². The summed E-state index contributed by atoms with van der Waals surface area (Å²) in [4.78, 5) is 23.7. The predicted octanol–water partition coefficient (Wildman–Crippen LogP) is 1.86. The van der Waals surface area contributed by atoms with Crippen LogP contribution in [0.25, 0.3) is 0 Å². The second kappa shape index (κ2) is 6.52. The fourth-order valence-electron chi connectivity index (χ4n) is 2.30. The van der Waals surface area contributed by atoms with Crippen LogP contribution in [0.15, 0.2) is 18.2 Å². The SMILES string of the molecule is COC(=O)c1ccc(C)c(NC(=O)[C@@H]2CCCCN2)c1. The Kier molecular flexibility index (Phi) is 4.74. The highest BCUT2D eigenvalue weighted by Gasteiger charge is 2.21. The fourth-order valence-corrected chi connectivity index (χ4v) is 2.30. The number of ether oxygens (including phenoxy) is 1. The number of hydrogen-bond donors (Lipinski definition) is 2.